The molecule has 0 aliphatic rings. The molecule has 10 heteroatoms. The Balaban J connectivity index is 1.82. The van der Waals surface area contributed by atoms with Gasteiger partial charge in [-0.1, -0.05) is 11.6 Å². The Bertz CT molecular complexity index is 1150. The number of H-pyrrole nitrogens is 1. The number of hydrogen-bond donors (Lipinski definition) is 4. The van der Waals surface area contributed by atoms with Crippen LogP contribution < -0.4 is 15.4 Å². The lowest BCUT2D eigenvalue weighted by Gasteiger charge is -2.14. The molecular weight excluding hydrogens is 394 g/mol. The fourth-order valence-electron chi connectivity index (χ4n) is 2.70. The Labute approximate surface area is 171 Å². The van der Waals surface area contributed by atoms with E-state index in [0.29, 0.717) is 39.7 Å². The van der Waals surface area contributed by atoms with E-state index in [2.05, 4.69) is 35.8 Å². The Kier molecular flexibility index (Phi) is 5.26. The zero-order valence-electron chi connectivity index (χ0n) is 15.6. The number of nitrogens with one attached hydrogen (secondary N) is 3. The molecule has 0 bridgehead atoms. The molecule has 0 spiro atoms. The number of rotatable bonds is 6. The second-order valence-corrected chi connectivity index (χ2v) is 6.65. The lowest BCUT2D eigenvalue weighted by atomic mass is 10.1. The van der Waals surface area contributed by atoms with Crippen molar-refractivity contribution in [2.45, 2.75) is 13.3 Å². The molecule has 4 aromatic rings. The number of aryl methyl sites for hydroxylation is 1. The minimum atomic E-state index is -1.13. The van der Waals surface area contributed by atoms with E-state index in [1.807, 2.05) is 19.1 Å². The fraction of sp³-hybridized carbons (Fsp3) is 0.158. The van der Waals surface area contributed by atoms with Crippen molar-refractivity contribution in [1.29, 1.82) is 0 Å². The number of hydrogen-bond acceptors (Lipinski definition) is 8. The maximum absolute atomic E-state index is 9.68. The molecule has 0 aliphatic carbocycles. The standard InChI is InChI=1S/C19H18ClN7O2/c1-10-22-18(27-26-10)25-17-14-8-7-13(29-19(28)21-2)9-15(14)23-16(24-17)11-3-5-12(20)6-4-11/h3-9,19,21,28H,1-2H3,(H2,22,23,24,25,26,27). The monoisotopic (exact) mass is 411 g/mol. The molecule has 4 rings (SSSR count). The number of halogens is 1. The largest absolute Gasteiger partial charge is 0.451 e. The molecule has 1 atom stereocenters. The zero-order valence-corrected chi connectivity index (χ0v) is 16.4. The minimum Gasteiger partial charge on any atom is -0.451 e. The molecular formula is C19H18ClN7O2. The highest BCUT2D eigenvalue weighted by molar-refractivity contribution is 6.30. The van der Waals surface area contributed by atoms with Crippen molar-refractivity contribution in [2.75, 3.05) is 12.4 Å². The summed E-state index contributed by atoms with van der Waals surface area (Å²) in [5.41, 5.74) is 1.42. The van der Waals surface area contributed by atoms with Crippen molar-refractivity contribution >= 4 is 34.3 Å². The van der Waals surface area contributed by atoms with Crippen LogP contribution >= 0.6 is 11.6 Å². The van der Waals surface area contributed by atoms with Gasteiger partial charge in [-0.15, -0.1) is 5.10 Å². The van der Waals surface area contributed by atoms with E-state index in [4.69, 9.17) is 16.3 Å². The van der Waals surface area contributed by atoms with Gasteiger partial charge in [0.15, 0.2) is 5.82 Å². The van der Waals surface area contributed by atoms with E-state index in [1.165, 1.54) is 0 Å². The molecule has 4 N–H and O–H groups in total. The van der Waals surface area contributed by atoms with Gasteiger partial charge in [0.1, 0.15) is 17.4 Å². The molecule has 0 aliphatic heterocycles. The predicted molar refractivity (Wildman–Crippen MR) is 110 cm³/mol. The van der Waals surface area contributed by atoms with Crippen molar-refractivity contribution < 1.29 is 9.84 Å². The number of aliphatic hydroxyl groups is 1. The first-order chi connectivity index (χ1) is 14.0. The number of aromatic amines is 1. The first-order valence-corrected chi connectivity index (χ1v) is 9.15. The summed E-state index contributed by atoms with van der Waals surface area (Å²) in [5.74, 6) is 2.57. The van der Waals surface area contributed by atoms with Crippen LogP contribution in [0, 0.1) is 6.92 Å². The minimum absolute atomic E-state index is 0.399. The molecule has 9 nitrogen and oxygen atoms in total. The average Bonchev–Trinajstić information content (AvgIpc) is 3.12. The topological polar surface area (TPSA) is 121 Å². The zero-order chi connectivity index (χ0) is 20.4. The normalized spacial score (nSPS) is 12.1. The molecule has 0 fully saturated rings. The van der Waals surface area contributed by atoms with E-state index in [0.717, 1.165) is 10.9 Å². The first-order valence-electron chi connectivity index (χ1n) is 8.77. The highest BCUT2D eigenvalue weighted by atomic mass is 35.5. The summed E-state index contributed by atoms with van der Waals surface area (Å²) in [6.45, 7) is 1.81. The van der Waals surface area contributed by atoms with Gasteiger partial charge < -0.3 is 15.2 Å². The summed E-state index contributed by atoms with van der Waals surface area (Å²) >= 11 is 6.00. The Hall–Kier alpha value is -3.27. The molecule has 1 unspecified atom stereocenters. The predicted octanol–water partition coefficient (Wildman–Crippen LogP) is 2.99. The number of aliphatic hydroxyl groups excluding tert-OH is 1. The SMILES string of the molecule is CNC(O)Oc1ccc2c(Nc3n[nH]c(C)n3)nc(-c3ccc(Cl)cc3)nc2c1. The number of nitrogens with zero attached hydrogens (tertiary/aromatic N) is 4. The Morgan fingerprint density at radius 2 is 1.90 bits per heavy atom. The van der Waals surface area contributed by atoms with Gasteiger partial charge in [-0.2, -0.15) is 4.98 Å². The first kappa shape index (κ1) is 19.1. The quantitative estimate of drug-likeness (QED) is 0.357. The van der Waals surface area contributed by atoms with Gasteiger partial charge in [-0.25, -0.2) is 9.97 Å². The van der Waals surface area contributed by atoms with Crippen LogP contribution in [-0.2, 0) is 0 Å². The van der Waals surface area contributed by atoms with Gasteiger partial charge in [0.2, 0.25) is 5.95 Å². The Morgan fingerprint density at radius 3 is 2.59 bits per heavy atom. The maximum atomic E-state index is 9.68. The average molecular weight is 412 g/mol. The molecule has 29 heavy (non-hydrogen) atoms. The summed E-state index contributed by atoms with van der Waals surface area (Å²) in [6.07, 6.45) is -1.13. The third-order valence-corrected chi connectivity index (χ3v) is 4.34. The third kappa shape index (κ3) is 4.27. The molecule has 2 aromatic carbocycles. The van der Waals surface area contributed by atoms with E-state index >= 15 is 0 Å². The van der Waals surface area contributed by atoms with Gasteiger partial charge in [0, 0.05) is 22.0 Å². The van der Waals surface area contributed by atoms with Crippen molar-refractivity contribution in [3.05, 3.63) is 53.3 Å². The van der Waals surface area contributed by atoms with Gasteiger partial charge in [-0.3, -0.25) is 10.4 Å². The van der Waals surface area contributed by atoms with Crippen LogP contribution in [0.25, 0.3) is 22.3 Å². The van der Waals surface area contributed by atoms with Crippen LogP contribution in [0.4, 0.5) is 11.8 Å². The van der Waals surface area contributed by atoms with Crippen molar-refractivity contribution in [3.63, 3.8) is 0 Å². The number of benzene rings is 2. The van der Waals surface area contributed by atoms with Crippen LogP contribution in [0.15, 0.2) is 42.5 Å². The van der Waals surface area contributed by atoms with Crippen molar-refractivity contribution in [3.8, 4) is 17.1 Å². The second kappa shape index (κ2) is 8.00. The number of fused-ring (bicyclic) bond motifs is 1. The summed E-state index contributed by atoms with van der Waals surface area (Å²) in [4.78, 5) is 13.6. The summed E-state index contributed by atoms with van der Waals surface area (Å²) in [7, 11) is 1.59. The molecule has 2 aromatic heterocycles. The third-order valence-electron chi connectivity index (χ3n) is 4.09. The highest BCUT2D eigenvalue weighted by Gasteiger charge is 2.13. The maximum Gasteiger partial charge on any atom is 0.256 e. The van der Waals surface area contributed by atoms with Gasteiger partial charge in [0.05, 0.1) is 5.52 Å². The number of aromatic nitrogens is 5. The molecule has 148 valence electrons. The lowest BCUT2D eigenvalue weighted by molar-refractivity contribution is -0.0379. The van der Waals surface area contributed by atoms with E-state index < -0.39 is 6.41 Å². The number of ether oxygens (including phenoxy) is 1. The van der Waals surface area contributed by atoms with E-state index in [1.54, 1.807) is 37.4 Å². The van der Waals surface area contributed by atoms with Gasteiger partial charge in [0.25, 0.3) is 6.41 Å². The van der Waals surface area contributed by atoms with Crippen molar-refractivity contribution in [1.82, 2.24) is 30.5 Å². The molecule has 0 radical (unpaired) electrons. The van der Waals surface area contributed by atoms with Gasteiger partial charge >= 0.3 is 0 Å². The molecule has 0 saturated carbocycles. The van der Waals surface area contributed by atoms with Crippen LogP contribution in [-0.4, -0.2) is 43.7 Å². The van der Waals surface area contributed by atoms with E-state index in [-0.39, 0.29) is 0 Å². The van der Waals surface area contributed by atoms with Crippen LogP contribution in [0.5, 0.6) is 5.75 Å². The number of anilines is 2. The lowest BCUT2D eigenvalue weighted by Crippen LogP contribution is -2.30. The summed E-state index contributed by atoms with van der Waals surface area (Å²) < 4.78 is 5.41. The van der Waals surface area contributed by atoms with Crippen LogP contribution in [0.1, 0.15) is 5.82 Å². The smallest absolute Gasteiger partial charge is 0.256 e. The van der Waals surface area contributed by atoms with E-state index in [9.17, 15) is 5.11 Å². The molecule has 0 amide bonds. The van der Waals surface area contributed by atoms with Crippen molar-refractivity contribution in [2.24, 2.45) is 0 Å². The second-order valence-electron chi connectivity index (χ2n) is 6.21. The highest BCUT2D eigenvalue weighted by Crippen LogP contribution is 2.29. The van der Waals surface area contributed by atoms with Gasteiger partial charge in [-0.05, 0) is 50.4 Å². The summed E-state index contributed by atoms with van der Waals surface area (Å²) in [6, 6.07) is 12.5. The van der Waals surface area contributed by atoms with Crippen LogP contribution in [0.3, 0.4) is 0 Å². The molecule has 0 saturated heterocycles. The molecule has 2 heterocycles. The summed E-state index contributed by atoms with van der Waals surface area (Å²) in [5, 5.41) is 23.7. The fourth-order valence-corrected chi connectivity index (χ4v) is 2.82. The Morgan fingerprint density at radius 1 is 1.10 bits per heavy atom. The van der Waals surface area contributed by atoms with Crippen LogP contribution in [0.2, 0.25) is 5.02 Å².